The number of carbonyl (C=O) groups is 2. The van der Waals surface area contributed by atoms with E-state index in [0.717, 1.165) is 25.3 Å². The lowest BCUT2D eigenvalue weighted by Gasteiger charge is -2.38. The van der Waals surface area contributed by atoms with Crippen LogP contribution >= 0.6 is 0 Å². The maximum atomic E-state index is 12.3. The van der Waals surface area contributed by atoms with Gasteiger partial charge in [-0.25, -0.2) is 4.79 Å². The molecule has 0 spiro atoms. The second-order valence-electron chi connectivity index (χ2n) is 6.04. The van der Waals surface area contributed by atoms with E-state index in [1.807, 2.05) is 0 Å². The average molecular weight is 345 g/mol. The van der Waals surface area contributed by atoms with Crippen LogP contribution in [0.15, 0.2) is 24.3 Å². The highest BCUT2D eigenvalue weighted by molar-refractivity contribution is 5.92. The molecule has 0 heterocycles. The van der Waals surface area contributed by atoms with E-state index in [1.165, 1.54) is 30.1 Å². The van der Waals surface area contributed by atoms with Gasteiger partial charge in [-0.1, -0.05) is 25.3 Å². The predicted octanol–water partition coefficient (Wildman–Crippen LogP) is 2.44. The van der Waals surface area contributed by atoms with Crippen LogP contribution in [-0.4, -0.2) is 40.9 Å². The fourth-order valence-electron chi connectivity index (χ4n) is 2.95. The molecule has 0 N–H and O–H groups in total. The highest BCUT2D eigenvalue weighted by Gasteiger charge is 2.39. The fourth-order valence-corrected chi connectivity index (χ4v) is 2.95. The zero-order chi connectivity index (χ0) is 18.4. The Morgan fingerprint density at radius 3 is 2.64 bits per heavy atom. The van der Waals surface area contributed by atoms with Crippen molar-refractivity contribution < 1.29 is 19.2 Å². The molecule has 1 amide bonds. The third-order valence-corrected chi connectivity index (χ3v) is 4.52. The van der Waals surface area contributed by atoms with E-state index >= 15 is 0 Å². The Bertz CT molecular complexity index is 719. The summed E-state index contributed by atoms with van der Waals surface area (Å²) in [7, 11) is 1.54. The van der Waals surface area contributed by atoms with Crippen LogP contribution in [0.5, 0.6) is 0 Å². The molecular weight excluding hydrogens is 326 g/mol. The number of likely N-dealkylation sites (N-methyl/N-ethyl adjacent to an activating group) is 1. The van der Waals surface area contributed by atoms with E-state index in [-0.39, 0.29) is 11.3 Å². The van der Waals surface area contributed by atoms with Crippen LogP contribution in [0, 0.1) is 21.4 Å². The molecule has 1 aromatic rings. The minimum atomic E-state index is -0.854. The van der Waals surface area contributed by atoms with Crippen molar-refractivity contribution in [2.45, 2.75) is 37.6 Å². The minimum absolute atomic E-state index is 0.00249. The van der Waals surface area contributed by atoms with Crippen molar-refractivity contribution in [3.05, 3.63) is 39.9 Å². The summed E-state index contributed by atoms with van der Waals surface area (Å²) >= 11 is 0. The smallest absolute Gasteiger partial charge is 0.338 e. The monoisotopic (exact) mass is 345 g/mol. The Hall–Kier alpha value is -2.95. The molecule has 132 valence electrons. The zero-order valence-corrected chi connectivity index (χ0v) is 13.9. The van der Waals surface area contributed by atoms with Gasteiger partial charge in [0.05, 0.1) is 16.6 Å². The van der Waals surface area contributed by atoms with Crippen LogP contribution in [0.3, 0.4) is 0 Å². The van der Waals surface area contributed by atoms with Crippen LogP contribution in [0.1, 0.15) is 42.5 Å². The highest BCUT2D eigenvalue weighted by atomic mass is 16.6. The van der Waals surface area contributed by atoms with Gasteiger partial charge in [0.25, 0.3) is 11.6 Å². The molecule has 8 nitrogen and oxygen atoms in total. The van der Waals surface area contributed by atoms with Gasteiger partial charge in [0.15, 0.2) is 6.61 Å². The molecule has 2 rings (SSSR count). The average Bonchev–Trinajstić information content (AvgIpc) is 2.65. The first-order valence-corrected chi connectivity index (χ1v) is 7.99. The van der Waals surface area contributed by atoms with E-state index in [9.17, 15) is 25.0 Å². The number of amides is 1. The fraction of sp³-hybridized carbons (Fsp3) is 0.471. The summed E-state index contributed by atoms with van der Waals surface area (Å²) in [6.45, 7) is -0.512. The molecule has 1 aliphatic carbocycles. The number of hydrogen-bond donors (Lipinski definition) is 0. The Morgan fingerprint density at radius 2 is 2.04 bits per heavy atom. The van der Waals surface area contributed by atoms with Gasteiger partial charge in [-0.15, -0.1) is 0 Å². The standard InChI is InChI=1S/C17H19N3O5/c1-19(17(12-18)8-3-2-4-9-17)15(21)11-25-16(22)13-6-5-7-14(10-13)20(23)24/h5-7,10H,2-4,8-9,11H2,1H3. The molecule has 1 aliphatic rings. The van der Waals surface area contributed by atoms with Crippen LogP contribution in [0.25, 0.3) is 0 Å². The number of nitrogens with zero attached hydrogens (tertiary/aromatic N) is 3. The molecule has 1 aromatic carbocycles. The van der Waals surface area contributed by atoms with Gasteiger partial charge in [0.1, 0.15) is 5.54 Å². The lowest BCUT2D eigenvalue weighted by atomic mass is 9.81. The molecule has 0 radical (unpaired) electrons. The zero-order valence-electron chi connectivity index (χ0n) is 13.9. The first-order chi connectivity index (χ1) is 11.9. The second-order valence-corrected chi connectivity index (χ2v) is 6.04. The Balaban J connectivity index is 1.99. The van der Waals surface area contributed by atoms with Crippen LogP contribution in [0.2, 0.25) is 0 Å². The number of non-ortho nitro benzene ring substituents is 1. The van der Waals surface area contributed by atoms with Crippen molar-refractivity contribution in [2.24, 2.45) is 0 Å². The van der Waals surface area contributed by atoms with Crippen LogP contribution < -0.4 is 0 Å². The number of hydrogen-bond acceptors (Lipinski definition) is 6. The van der Waals surface area contributed by atoms with Crippen LogP contribution in [0.4, 0.5) is 5.69 Å². The number of esters is 1. The van der Waals surface area contributed by atoms with Gasteiger partial charge in [0.2, 0.25) is 0 Å². The number of nitro groups is 1. The van der Waals surface area contributed by atoms with Crippen molar-refractivity contribution in [2.75, 3.05) is 13.7 Å². The summed E-state index contributed by atoms with van der Waals surface area (Å²) in [6.07, 6.45) is 3.99. The summed E-state index contributed by atoms with van der Waals surface area (Å²) < 4.78 is 4.96. The predicted molar refractivity (Wildman–Crippen MR) is 87.6 cm³/mol. The molecule has 0 aliphatic heterocycles. The summed E-state index contributed by atoms with van der Waals surface area (Å²) in [5, 5.41) is 20.2. The van der Waals surface area contributed by atoms with E-state index in [4.69, 9.17) is 4.74 Å². The van der Waals surface area contributed by atoms with Crippen molar-refractivity contribution in [1.29, 1.82) is 5.26 Å². The summed E-state index contributed by atoms with van der Waals surface area (Å²) in [5.74, 6) is -1.29. The molecule has 0 aromatic heterocycles. The first kappa shape index (κ1) is 18.4. The third kappa shape index (κ3) is 4.12. The van der Waals surface area contributed by atoms with Gasteiger partial charge >= 0.3 is 5.97 Å². The molecule has 1 fully saturated rings. The summed E-state index contributed by atoms with van der Waals surface area (Å²) in [4.78, 5) is 35.8. The normalized spacial score (nSPS) is 15.7. The van der Waals surface area contributed by atoms with E-state index in [2.05, 4.69) is 6.07 Å². The highest BCUT2D eigenvalue weighted by Crippen LogP contribution is 2.32. The molecule has 0 bridgehead atoms. The minimum Gasteiger partial charge on any atom is -0.452 e. The van der Waals surface area contributed by atoms with Gasteiger partial charge in [-0.05, 0) is 18.9 Å². The number of nitriles is 1. The molecule has 0 atom stereocenters. The molecule has 8 heteroatoms. The van der Waals surface area contributed by atoms with Crippen LogP contribution in [-0.2, 0) is 9.53 Å². The second kappa shape index (κ2) is 7.75. The lowest BCUT2D eigenvalue weighted by Crippen LogP contribution is -2.51. The maximum Gasteiger partial charge on any atom is 0.338 e. The SMILES string of the molecule is CN(C(=O)COC(=O)c1cccc([N+](=O)[O-])c1)C1(C#N)CCCCC1. The molecular formula is C17H19N3O5. The van der Waals surface area contributed by atoms with Gasteiger partial charge in [0, 0.05) is 19.2 Å². The van der Waals surface area contributed by atoms with Gasteiger partial charge in [-0.2, -0.15) is 5.26 Å². The quantitative estimate of drug-likeness (QED) is 0.460. The lowest BCUT2D eigenvalue weighted by molar-refractivity contribution is -0.384. The number of ether oxygens (including phenoxy) is 1. The largest absolute Gasteiger partial charge is 0.452 e. The number of benzene rings is 1. The number of nitro benzene ring substituents is 1. The number of carbonyl (C=O) groups excluding carboxylic acids is 2. The summed E-state index contributed by atoms with van der Waals surface area (Å²) in [5.41, 5.74) is -1.09. The number of rotatable bonds is 5. The summed E-state index contributed by atoms with van der Waals surface area (Å²) in [6, 6.07) is 7.32. The molecule has 0 saturated heterocycles. The van der Waals surface area contributed by atoms with Gasteiger partial charge in [-0.3, -0.25) is 14.9 Å². The van der Waals surface area contributed by atoms with Gasteiger partial charge < -0.3 is 9.64 Å². The Morgan fingerprint density at radius 1 is 1.36 bits per heavy atom. The first-order valence-electron chi connectivity index (χ1n) is 7.99. The van der Waals surface area contributed by atoms with E-state index in [1.54, 1.807) is 0 Å². The van der Waals surface area contributed by atoms with E-state index < -0.39 is 28.9 Å². The third-order valence-electron chi connectivity index (χ3n) is 4.52. The molecule has 1 saturated carbocycles. The Kier molecular flexibility index (Phi) is 5.70. The van der Waals surface area contributed by atoms with Crippen molar-refractivity contribution in [3.63, 3.8) is 0 Å². The van der Waals surface area contributed by atoms with Crippen molar-refractivity contribution >= 4 is 17.6 Å². The Labute approximate surface area is 145 Å². The van der Waals surface area contributed by atoms with Crippen molar-refractivity contribution in [3.8, 4) is 6.07 Å². The maximum absolute atomic E-state index is 12.3. The van der Waals surface area contributed by atoms with Crippen molar-refractivity contribution in [1.82, 2.24) is 4.90 Å². The molecule has 0 unspecified atom stereocenters. The topological polar surface area (TPSA) is 114 Å². The van der Waals surface area contributed by atoms with E-state index in [0.29, 0.717) is 12.8 Å². The molecule has 25 heavy (non-hydrogen) atoms.